The van der Waals surface area contributed by atoms with Crippen LogP contribution in [0.25, 0.3) is 0 Å². The van der Waals surface area contributed by atoms with Crippen LogP contribution in [0.15, 0.2) is 18.3 Å². The summed E-state index contributed by atoms with van der Waals surface area (Å²) >= 11 is 0. The highest BCUT2D eigenvalue weighted by Crippen LogP contribution is 2.09. The van der Waals surface area contributed by atoms with Crippen LogP contribution < -0.4 is 4.18 Å². The zero-order chi connectivity index (χ0) is 9.90. The minimum absolute atomic E-state index is 0.122. The fourth-order valence-corrected chi connectivity index (χ4v) is 1.06. The summed E-state index contributed by atoms with van der Waals surface area (Å²) in [6.45, 7) is 1.79. The molecular formula is C7H8FNO3S. The fourth-order valence-electron chi connectivity index (χ4n) is 0.656. The molecule has 0 radical (unpaired) electrons. The lowest BCUT2D eigenvalue weighted by atomic mass is 10.3. The van der Waals surface area contributed by atoms with Crippen molar-refractivity contribution in [1.29, 1.82) is 0 Å². The standard InChI is InChI=1S/C7H8FNO3S/c1-6-2-3-7(9-4-6)12-13(10,11)5-8/h2-4H,5H2,1H3. The molecule has 0 spiro atoms. The molecule has 0 fully saturated rings. The van der Waals surface area contributed by atoms with Gasteiger partial charge in [-0.15, -0.1) is 0 Å². The van der Waals surface area contributed by atoms with Gasteiger partial charge in [0.15, 0.2) is 0 Å². The number of nitrogens with zero attached hydrogens (tertiary/aromatic N) is 1. The molecule has 0 atom stereocenters. The number of halogens is 1. The number of aromatic nitrogens is 1. The Morgan fingerprint density at radius 1 is 1.54 bits per heavy atom. The van der Waals surface area contributed by atoms with Crippen molar-refractivity contribution in [3.63, 3.8) is 0 Å². The van der Waals surface area contributed by atoms with E-state index >= 15 is 0 Å². The Bertz CT molecular complexity index is 373. The number of alkyl halides is 1. The number of hydrogen-bond donors (Lipinski definition) is 0. The van der Waals surface area contributed by atoms with E-state index in [-0.39, 0.29) is 5.88 Å². The van der Waals surface area contributed by atoms with Crippen LogP contribution in [-0.2, 0) is 10.1 Å². The van der Waals surface area contributed by atoms with E-state index in [0.29, 0.717) is 0 Å². The van der Waals surface area contributed by atoms with Gasteiger partial charge in [0.25, 0.3) is 0 Å². The van der Waals surface area contributed by atoms with Crippen LogP contribution in [0.1, 0.15) is 5.56 Å². The summed E-state index contributed by atoms with van der Waals surface area (Å²) in [4.78, 5) is 3.64. The van der Waals surface area contributed by atoms with Gasteiger partial charge in [0.2, 0.25) is 11.9 Å². The van der Waals surface area contributed by atoms with Gasteiger partial charge in [0.05, 0.1) is 0 Å². The van der Waals surface area contributed by atoms with Crippen LogP contribution in [0.4, 0.5) is 4.39 Å². The minimum atomic E-state index is -4.11. The van der Waals surface area contributed by atoms with Gasteiger partial charge in [0, 0.05) is 12.3 Å². The average Bonchev–Trinajstić information content (AvgIpc) is 2.09. The molecule has 0 aliphatic rings. The Morgan fingerprint density at radius 3 is 2.69 bits per heavy atom. The Morgan fingerprint density at radius 2 is 2.23 bits per heavy atom. The van der Waals surface area contributed by atoms with Crippen molar-refractivity contribution in [2.24, 2.45) is 0 Å². The Hall–Kier alpha value is -1.17. The lowest BCUT2D eigenvalue weighted by Crippen LogP contribution is -2.11. The molecule has 0 unspecified atom stereocenters. The van der Waals surface area contributed by atoms with E-state index in [1.54, 1.807) is 13.0 Å². The van der Waals surface area contributed by atoms with Crippen LogP contribution >= 0.6 is 0 Å². The molecule has 0 aromatic carbocycles. The molecule has 0 saturated heterocycles. The van der Waals surface area contributed by atoms with E-state index < -0.39 is 16.1 Å². The highest BCUT2D eigenvalue weighted by atomic mass is 32.2. The smallest absolute Gasteiger partial charge is 0.340 e. The molecule has 72 valence electrons. The zero-order valence-corrected chi connectivity index (χ0v) is 7.71. The van der Waals surface area contributed by atoms with Gasteiger partial charge in [0.1, 0.15) is 0 Å². The quantitative estimate of drug-likeness (QED) is 0.691. The molecule has 4 nitrogen and oxygen atoms in total. The molecule has 0 aliphatic heterocycles. The number of hydrogen-bond acceptors (Lipinski definition) is 4. The number of rotatable bonds is 3. The minimum Gasteiger partial charge on any atom is -0.360 e. The molecule has 13 heavy (non-hydrogen) atoms. The predicted octanol–water partition coefficient (Wildman–Crippen LogP) is 1.03. The van der Waals surface area contributed by atoms with Gasteiger partial charge in [-0.2, -0.15) is 8.42 Å². The lowest BCUT2D eigenvalue weighted by Gasteiger charge is -2.01. The highest BCUT2D eigenvalue weighted by Gasteiger charge is 2.11. The topological polar surface area (TPSA) is 56.3 Å². The maximum atomic E-state index is 11.8. The van der Waals surface area contributed by atoms with E-state index in [1.807, 2.05) is 0 Å². The van der Waals surface area contributed by atoms with Gasteiger partial charge in [-0.1, -0.05) is 6.07 Å². The van der Waals surface area contributed by atoms with Crippen molar-refractivity contribution in [2.45, 2.75) is 6.92 Å². The largest absolute Gasteiger partial charge is 0.360 e. The summed E-state index contributed by atoms with van der Waals surface area (Å²) in [6, 6.07) is 1.43. The van der Waals surface area contributed by atoms with Crippen molar-refractivity contribution in [3.05, 3.63) is 23.9 Å². The molecule has 6 heteroatoms. The summed E-state index contributed by atoms with van der Waals surface area (Å²) < 4.78 is 37.3. The molecule has 1 heterocycles. The maximum absolute atomic E-state index is 11.8. The second-order valence-electron chi connectivity index (χ2n) is 2.42. The van der Waals surface area contributed by atoms with Crippen molar-refractivity contribution < 1.29 is 17.0 Å². The Labute approximate surface area is 75.5 Å². The fraction of sp³-hybridized carbons (Fsp3) is 0.286. The third kappa shape index (κ3) is 2.98. The highest BCUT2D eigenvalue weighted by molar-refractivity contribution is 7.86. The van der Waals surface area contributed by atoms with E-state index in [2.05, 4.69) is 9.17 Å². The SMILES string of the molecule is Cc1ccc(OS(=O)(=O)CF)nc1. The maximum Gasteiger partial charge on any atom is 0.340 e. The second kappa shape index (κ2) is 3.69. The number of aryl methyl sites for hydroxylation is 1. The molecule has 0 saturated carbocycles. The molecule has 1 aromatic rings. The third-order valence-electron chi connectivity index (χ3n) is 1.23. The first-order valence-corrected chi connectivity index (χ1v) is 5.02. The van der Waals surface area contributed by atoms with Crippen LogP contribution in [0.3, 0.4) is 0 Å². The van der Waals surface area contributed by atoms with Gasteiger partial charge >= 0.3 is 10.1 Å². The predicted molar refractivity (Wildman–Crippen MR) is 44.5 cm³/mol. The normalized spacial score (nSPS) is 11.2. The first kappa shape index (κ1) is 9.91. The van der Waals surface area contributed by atoms with Gasteiger partial charge in [-0.3, -0.25) is 0 Å². The first-order chi connectivity index (χ1) is 6.03. The van der Waals surface area contributed by atoms with Crippen molar-refractivity contribution >= 4 is 10.1 Å². The van der Waals surface area contributed by atoms with Crippen LogP contribution in [0.5, 0.6) is 5.88 Å². The summed E-state index contributed by atoms with van der Waals surface area (Å²) in [7, 11) is -4.11. The zero-order valence-electron chi connectivity index (χ0n) is 6.90. The summed E-state index contributed by atoms with van der Waals surface area (Å²) in [5, 5.41) is 0. The second-order valence-corrected chi connectivity index (χ2v) is 3.92. The van der Waals surface area contributed by atoms with Gasteiger partial charge in [-0.05, 0) is 12.5 Å². The number of pyridine rings is 1. The molecule has 1 rings (SSSR count). The molecule has 0 bridgehead atoms. The van der Waals surface area contributed by atoms with Crippen LogP contribution in [0.2, 0.25) is 0 Å². The Balaban J connectivity index is 2.82. The van der Waals surface area contributed by atoms with E-state index in [0.717, 1.165) is 5.56 Å². The van der Waals surface area contributed by atoms with Crippen LogP contribution in [0, 0.1) is 6.92 Å². The summed E-state index contributed by atoms with van der Waals surface area (Å²) in [5.41, 5.74) is 0.866. The van der Waals surface area contributed by atoms with Crippen molar-refractivity contribution in [3.8, 4) is 5.88 Å². The van der Waals surface area contributed by atoms with Gasteiger partial charge in [-0.25, -0.2) is 9.37 Å². The summed E-state index contributed by atoms with van der Waals surface area (Å²) in [6.07, 6.45) is 1.43. The average molecular weight is 205 g/mol. The van der Waals surface area contributed by atoms with E-state index in [4.69, 9.17) is 0 Å². The summed E-state index contributed by atoms with van der Waals surface area (Å²) in [5.74, 6) is -0.122. The van der Waals surface area contributed by atoms with Crippen molar-refractivity contribution in [1.82, 2.24) is 4.98 Å². The molecule has 0 N–H and O–H groups in total. The first-order valence-electron chi connectivity index (χ1n) is 3.44. The third-order valence-corrected chi connectivity index (χ3v) is 1.92. The van der Waals surface area contributed by atoms with Crippen LogP contribution in [-0.4, -0.2) is 19.4 Å². The van der Waals surface area contributed by atoms with Gasteiger partial charge < -0.3 is 4.18 Å². The van der Waals surface area contributed by atoms with E-state index in [1.165, 1.54) is 12.3 Å². The molecule has 1 aromatic heterocycles. The van der Waals surface area contributed by atoms with Crippen molar-refractivity contribution in [2.75, 3.05) is 6.01 Å². The molecular weight excluding hydrogens is 197 g/mol. The lowest BCUT2D eigenvalue weighted by molar-refractivity contribution is 0.444. The monoisotopic (exact) mass is 205 g/mol. The molecule has 0 amide bonds. The molecule has 0 aliphatic carbocycles. The Kier molecular flexibility index (Phi) is 2.82. The van der Waals surface area contributed by atoms with E-state index in [9.17, 15) is 12.8 Å².